The van der Waals surface area contributed by atoms with Crippen LogP contribution in [0.25, 0.3) is 0 Å². The summed E-state index contributed by atoms with van der Waals surface area (Å²) in [7, 11) is 0. The maximum absolute atomic E-state index is 12.2. The van der Waals surface area contributed by atoms with E-state index in [0.717, 1.165) is 23.0 Å². The van der Waals surface area contributed by atoms with Gasteiger partial charge in [0.25, 0.3) is 0 Å². The average molecular weight is 340 g/mol. The van der Waals surface area contributed by atoms with Gasteiger partial charge in [0.2, 0.25) is 0 Å². The smallest absolute Gasteiger partial charge is 0.363 e. The van der Waals surface area contributed by atoms with Gasteiger partial charge >= 0.3 is 6.18 Å². The Hall–Kier alpha value is -0.590. The molecule has 0 bridgehead atoms. The van der Waals surface area contributed by atoms with E-state index in [2.05, 4.69) is 21.2 Å². The molecule has 0 spiro atoms. The van der Waals surface area contributed by atoms with Crippen LogP contribution in [-0.4, -0.2) is 25.9 Å². The molecule has 0 aliphatic heterocycles. The van der Waals surface area contributed by atoms with Gasteiger partial charge in [-0.15, -0.1) is 0 Å². The summed E-state index contributed by atoms with van der Waals surface area (Å²) in [5.74, 6) is 0. The summed E-state index contributed by atoms with van der Waals surface area (Å²) in [6.07, 6.45) is -3.98. The zero-order valence-corrected chi connectivity index (χ0v) is 12.2. The van der Waals surface area contributed by atoms with E-state index in [4.69, 9.17) is 4.74 Å². The van der Waals surface area contributed by atoms with Crippen LogP contribution in [0.15, 0.2) is 28.7 Å². The van der Waals surface area contributed by atoms with Gasteiger partial charge in [-0.05, 0) is 30.7 Å². The first kappa shape index (κ1) is 16.5. The van der Waals surface area contributed by atoms with Crippen molar-refractivity contribution in [3.8, 4) is 0 Å². The SMILES string of the molecule is CCCNCC(OCC(F)(F)F)c1ccc(Br)cc1. The molecule has 1 aromatic carbocycles. The maximum Gasteiger partial charge on any atom is 0.411 e. The molecule has 0 fully saturated rings. The van der Waals surface area contributed by atoms with Gasteiger partial charge in [-0.3, -0.25) is 0 Å². The molecule has 0 saturated heterocycles. The normalized spacial score (nSPS) is 13.5. The second kappa shape index (κ2) is 7.87. The Morgan fingerprint density at radius 3 is 2.42 bits per heavy atom. The molecule has 0 saturated carbocycles. The molecular formula is C13H17BrF3NO. The number of nitrogens with one attached hydrogen (secondary N) is 1. The van der Waals surface area contributed by atoms with E-state index in [1.165, 1.54) is 0 Å². The van der Waals surface area contributed by atoms with E-state index in [1.54, 1.807) is 24.3 Å². The van der Waals surface area contributed by atoms with E-state index < -0.39 is 18.9 Å². The lowest BCUT2D eigenvalue weighted by molar-refractivity contribution is -0.185. The quantitative estimate of drug-likeness (QED) is 0.756. The zero-order chi connectivity index (χ0) is 14.3. The summed E-state index contributed by atoms with van der Waals surface area (Å²) in [4.78, 5) is 0. The van der Waals surface area contributed by atoms with E-state index in [-0.39, 0.29) is 0 Å². The third-order valence-corrected chi connectivity index (χ3v) is 2.98. The average Bonchev–Trinajstić information content (AvgIpc) is 2.34. The largest absolute Gasteiger partial charge is 0.411 e. The molecule has 0 heterocycles. The van der Waals surface area contributed by atoms with Gasteiger partial charge in [0, 0.05) is 11.0 Å². The van der Waals surface area contributed by atoms with Crippen LogP contribution < -0.4 is 5.32 Å². The highest BCUT2D eigenvalue weighted by Crippen LogP contribution is 2.23. The molecule has 108 valence electrons. The molecule has 1 N–H and O–H groups in total. The van der Waals surface area contributed by atoms with Crippen LogP contribution >= 0.6 is 15.9 Å². The van der Waals surface area contributed by atoms with Crippen molar-refractivity contribution in [2.24, 2.45) is 0 Å². The molecule has 0 radical (unpaired) electrons. The Labute approximate surface area is 119 Å². The first-order chi connectivity index (χ1) is 8.92. The molecule has 1 rings (SSSR count). The number of halogens is 4. The summed E-state index contributed by atoms with van der Waals surface area (Å²) in [6, 6.07) is 7.11. The molecule has 0 aromatic heterocycles. The van der Waals surface area contributed by atoms with Crippen molar-refractivity contribution >= 4 is 15.9 Å². The van der Waals surface area contributed by atoms with Crippen molar-refractivity contribution in [2.45, 2.75) is 25.6 Å². The van der Waals surface area contributed by atoms with Gasteiger partial charge in [-0.25, -0.2) is 0 Å². The summed E-state index contributed by atoms with van der Waals surface area (Å²) in [5.41, 5.74) is 0.732. The number of hydrogen-bond acceptors (Lipinski definition) is 2. The van der Waals surface area contributed by atoms with Crippen molar-refractivity contribution < 1.29 is 17.9 Å². The van der Waals surface area contributed by atoms with Gasteiger partial charge in [-0.1, -0.05) is 35.0 Å². The molecule has 0 aliphatic carbocycles. The van der Waals surface area contributed by atoms with Crippen molar-refractivity contribution in [2.75, 3.05) is 19.7 Å². The van der Waals surface area contributed by atoms with Crippen LogP contribution in [0.2, 0.25) is 0 Å². The maximum atomic E-state index is 12.2. The van der Waals surface area contributed by atoms with Gasteiger partial charge in [0.15, 0.2) is 0 Å². The summed E-state index contributed by atoms with van der Waals surface area (Å²) < 4.78 is 42.6. The fourth-order valence-electron chi connectivity index (χ4n) is 1.56. The highest BCUT2D eigenvalue weighted by Gasteiger charge is 2.29. The molecule has 1 unspecified atom stereocenters. The first-order valence-corrected chi connectivity index (χ1v) is 6.86. The molecule has 1 atom stereocenters. The highest BCUT2D eigenvalue weighted by atomic mass is 79.9. The molecule has 2 nitrogen and oxygen atoms in total. The molecular weight excluding hydrogens is 323 g/mol. The summed E-state index contributed by atoms with van der Waals surface area (Å²) in [6.45, 7) is 1.88. The minimum absolute atomic E-state index is 0.367. The number of ether oxygens (including phenoxy) is 1. The van der Waals surface area contributed by atoms with Crippen LogP contribution in [-0.2, 0) is 4.74 Å². The lowest BCUT2D eigenvalue weighted by atomic mass is 10.1. The van der Waals surface area contributed by atoms with E-state index >= 15 is 0 Å². The Morgan fingerprint density at radius 2 is 1.89 bits per heavy atom. The molecule has 19 heavy (non-hydrogen) atoms. The number of benzene rings is 1. The second-order valence-corrected chi connectivity index (χ2v) is 5.09. The lowest BCUT2D eigenvalue weighted by Crippen LogP contribution is -2.27. The van der Waals surface area contributed by atoms with E-state index in [1.807, 2.05) is 6.92 Å². The van der Waals surface area contributed by atoms with Gasteiger partial charge in [-0.2, -0.15) is 13.2 Å². The predicted octanol–water partition coefficient (Wildman–Crippen LogP) is 4.07. The van der Waals surface area contributed by atoms with Crippen LogP contribution in [0, 0.1) is 0 Å². The van der Waals surface area contributed by atoms with Crippen LogP contribution in [0.1, 0.15) is 25.0 Å². The Morgan fingerprint density at radius 1 is 1.26 bits per heavy atom. The molecule has 6 heteroatoms. The van der Waals surface area contributed by atoms with Crippen LogP contribution in [0.4, 0.5) is 13.2 Å². The molecule has 0 aliphatic rings. The first-order valence-electron chi connectivity index (χ1n) is 6.07. The summed E-state index contributed by atoms with van der Waals surface area (Å²) in [5, 5.41) is 3.08. The third-order valence-electron chi connectivity index (χ3n) is 2.45. The minimum Gasteiger partial charge on any atom is -0.363 e. The van der Waals surface area contributed by atoms with Crippen LogP contribution in [0.3, 0.4) is 0 Å². The van der Waals surface area contributed by atoms with Gasteiger partial charge in [0.1, 0.15) is 6.61 Å². The summed E-state index contributed by atoms with van der Waals surface area (Å²) >= 11 is 3.29. The molecule has 1 aromatic rings. The monoisotopic (exact) mass is 339 g/mol. The van der Waals surface area contributed by atoms with Crippen LogP contribution in [0.5, 0.6) is 0 Å². The van der Waals surface area contributed by atoms with E-state index in [0.29, 0.717) is 6.54 Å². The van der Waals surface area contributed by atoms with Crippen molar-refractivity contribution in [3.05, 3.63) is 34.3 Å². The van der Waals surface area contributed by atoms with E-state index in [9.17, 15) is 13.2 Å². The number of alkyl halides is 3. The Bertz CT molecular complexity index is 367. The fraction of sp³-hybridized carbons (Fsp3) is 0.538. The Kier molecular flexibility index (Phi) is 6.82. The second-order valence-electron chi connectivity index (χ2n) is 4.17. The third kappa shape index (κ3) is 6.94. The fourth-order valence-corrected chi connectivity index (χ4v) is 1.82. The molecule has 0 amide bonds. The van der Waals surface area contributed by atoms with Crippen molar-refractivity contribution in [1.82, 2.24) is 5.32 Å². The Balaban J connectivity index is 2.65. The number of rotatable bonds is 7. The van der Waals surface area contributed by atoms with Gasteiger partial charge < -0.3 is 10.1 Å². The lowest BCUT2D eigenvalue weighted by Gasteiger charge is -2.20. The van der Waals surface area contributed by atoms with Gasteiger partial charge in [0.05, 0.1) is 6.10 Å². The zero-order valence-electron chi connectivity index (χ0n) is 10.6. The highest BCUT2D eigenvalue weighted by molar-refractivity contribution is 9.10. The topological polar surface area (TPSA) is 21.3 Å². The predicted molar refractivity (Wildman–Crippen MR) is 72.1 cm³/mol. The standard InChI is InChI=1S/C13H17BrF3NO/c1-2-7-18-8-12(19-9-13(15,16)17)10-3-5-11(14)6-4-10/h3-6,12,18H,2,7-9H2,1H3. The van der Waals surface area contributed by atoms with Crippen molar-refractivity contribution in [3.63, 3.8) is 0 Å². The van der Waals surface area contributed by atoms with Crippen molar-refractivity contribution in [1.29, 1.82) is 0 Å². The minimum atomic E-state index is -4.31. The number of hydrogen-bond donors (Lipinski definition) is 1.